The topological polar surface area (TPSA) is 88.4 Å². The number of rotatable bonds is 6. The molecule has 0 radical (unpaired) electrons. The van der Waals surface area contributed by atoms with Crippen molar-refractivity contribution in [2.45, 2.75) is 6.92 Å². The monoisotopic (exact) mass is 452 g/mol. The average Bonchev–Trinajstić information content (AvgIpc) is 3.24. The largest absolute Gasteiger partial charge is 0.459 e. The minimum Gasteiger partial charge on any atom is -0.459 e. The van der Waals surface area contributed by atoms with Gasteiger partial charge in [0.15, 0.2) is 11.5 Å². The van der Waals surface area contributed by atoms with Crippen LogP contribution in [0.25, 0.3) is 6.08 Å². The lowest BCUT2D eigenvalue weighted by atomic mass is 10.1. The van der Waals surface area contributed by atoms with Crippen LogP contribution in [-0.2, 0) is 4.79 Å². The molecule has 2 aromatic carbocycles. The quantitative estimate of drug-likeness (QED) is 0.420. The van der Waals surface area contributed by atoms with Gasteiger partial charge in [-0.05, 0) is 67.1 Å². The SMILES string of the molecule is CC(=O)c1ccc(NC(=O)/C(=C/c2ccc(Br)cc2)NC(=O)c2ccco2)cc1. The van der Waals surface area contributed by atoms with Crippen molar-refractivity contribution in [2.75, 3.05) is 5.32 Å². The van der Waals surface area contributed by atoms with Crippen molar-refractivity contribution in [1.29, 1.82) is 0 Å². The first-order chi connectivity index (χ1) is 13.9. The number of benzene rings is 2. The van der Waals surface area contributed by atoms with Crippen LogP contribution in [-0.4, -0.2) is 17.6 Å². The van der Waals surface area contributed by atoms with Crippen molar-refractivity contribution in [3.8, 4) is 0 Å². The highest BCUT2D eigenvalue weighted by Gasteiger charge is 2.16. The maximum atomic E-state index is 12.8. The molecule has 0 aliphatic heterocycles. The molecule has 7 heteroatoms. The normalized spacial score (nSPS) is 11.0. The first kappa shape index (κ1) is 20.3. The third-order valence-electron chi connectivity index (χ3n) is 3.97. The minimum absolute atomic E-state index is 0.0457. The van der Waals surface area contributed by atoms with Crippen molar-refractivity contribution in [1.82, 2.24) is 5.32 Å². The molecule has 2 amide bonds. The highest BCUT2D eigenvalue weighted by molar-refractivity contribution is 9.10. The number of hydrogen-bond acceptors (Lipinski definition) is 4. The van der Waals surface area contributed by atoms with Gasteiger partial charge in [0.05, 0.1) is 6.26 Å². The summed E-state index contributed by atoms with van der Waals surface area (Å²) in [5, 5.41) is 5.30. The lowest BCUT2D eigenvalue weighted by Crippen LogP contribution is -2.30. The molecular weight excluding hydrogens is 436 g/mol. The molecular formula is C22H17BrN2O4. The zero-order valence-corrected chi connectivity index (χ0v) is 17.0. The van der Waals surface area contributed by atoms with Crippen LogP contribution >= 0.6 is 15.9 Å². The molecule has 1 aromatic heterocycles. The maximum absolute atomic E-state index is 12.8. The van der Waals surface area contributed by atoms with Gasteiger partial charge in [0.1, 0.15) is 5.70 Å². The summed E-state index contributed by atoms with van der Waals surface area (Å²) in [5.74, 6) is -1.03. The predicted molar refractivity (Wildman–Crippen MR) is 113 cm³/mol. The first-order valence-corrected chi connectivity index (χ1v) is 9.46. The number of ketones is 1. The Labute approximate surface area is 175 Å². The zero-order chi connectivity index (χ0) is 20.8. The lowest BCUT2D eigenvalue weighted by molar-refractivity contribution is -0.113. The van der Waals surface area contributed by atoms with Crippen molar-refractivity contribution in [2.24, 2.45) is 0 Å². The summed E-state index contributed by atoms with van der Waals surface area (Å²) < 4.78 is 5.98. The first-order valence-electron chi connectivity index (χ1n) is 8.67. The molecule has 6 nitrogen and oxygen atoms in total. The fraction of sp³-hybridized carbons (Fsp3) is 0.0455. The van der Waals surface area contributed by atoms with E-state index in [9.17, 15) is 14.4 Å². The van der Waals surface area contributed by atoms with Gasteiger partial charge < -0.3 is 15.1 Å². The summed E-state index contributed by atoms with van der Waals surface area (Å²) in [5.41, 5.74) is 1.81. The summed E-state index contributed by atoms with van der Waals surface area (Å²) in [6.07, 6.45) is 2.94. The molecule has 0 unspecified atom stereocenters. The van der Waals surface area contributed by atoms with Crippen LogP contribution in [0.5, 0.6) is 0 Å². The molecule has 1 heterocycles. The second kappa shape index (κ2) is 9.16. The Balaban J connectivity index is 1.84. The van der Waals surface area contributed by atoms with Crippen LogP contribution in [0.3, 0.4) is 0 Å². The molecule has 0 spiro atoms. The van der Waals surface area contributed by atoms with Crippen LogP contribution in [0, 0.1) is 0 Å². The fourth-order valence-electron chi connectivity index (χ4n) is 2.46. The van der Waals surface area contributed by atoms with Crippen LogP contribution in [0.1, 0.15) is 33.4 Å². The van der Waals surface area contributed by atoms with Gasteiger partial charge in [-0.1, -0.05) is 28.1 Å². The Morgan fingerprint density at radius 3 is 2.24 bits per heavy atom. The Bertz CT molecular complexity index is 1050. The van der Waals surface area contributed by atoms with E-state index in [0.29, 0.717) is 11.3 Å². The Hall–Kier alpha value is -3.45. The van der Waals surface area contributed by atoms with Gasteiger partial charge in [-0.2, -0.15) is 0 Å². The minimum atomic E-state index is -0.541. The number of furan rings is 1. The van der Waals surface area contributed by atoms with Gasteiger partial charge in [-0.25, -0.2) is 0 Å². The summed E-state index contributed by atoms with van der Waals surface area (Å²) in [7, 11) is 0. The van der Waals surface area contributed by atoms with Gasteiger partial charge in [-0.3, -0.25) is 14.4 Å². The van der Waals surface area contributed by atoms with E-state index in [4.69, 9.17) is 4.42 Å². The number of Topliss-reactive ketones (excluding diaryl/α,β-unsaturated/α-hetero) is 1. The highest BCUT2D eigenvalue weighted by Crippen LogP contribution is 2.15. The molecule has 2 N–H and O–H groups in total. The summed E-state index contributed by atoms with van der Waals surface area (Å²) >= 11 is 3.36. The van der Waals surface area contributed by atoms with E-state index in [1.807, 2.05) is 12.1 Å². The smallest absolute Gasteiger partial charge is 0.291 e. The third kappa shape index (κ3) is 5.52. The molecule has 0 aliphatic carbocycles. The number of anilines is 1. The Morgan fingerprint density at radius 2 is 1.66 bits per heavy atom. The van der Waals surface area contributed by atoms with Crippen molar-refractivity contribution in [3.63, 3.8) is 0 Å². The van der Waals surface area contributed by atoms with E-state index >= 15 is 0 Å². The summed E-state index contributed by atoms with van der Waals surface area (Å²) in [4.78, 5) is 36.6. The number of nitrogens with one attached hydrogen (secondary N) is 2. The van der Waals surface area contributed by atoms with Crippen molar-refractivity contribution < 1.29 is 18.8 Å². The predicted octanol–water partition coefficient (Wildman–Crippen LogP) is 4.65. The van der Waals surface area contributed by atoms with Gasteiger partial charge >= 0.3 is 0 Å². The van der Waals surface area contributed by atoms with Crippen LogP contribution < -0.4 is 10.6 Å². The molecule has 0 fully saturated rings. The third-order valence-corrected chi connectivity index (χ3v) is 4.50. The molecule has 0 atom stereocenters. The lowest BCUT2D eigenvalue weighted by Gasteiger charge is -2.11. The molecule has 0 aliphatic rings. The van der Waals surface area contributed by atoms with Crippen LogP contribution in [0.4, 0.5) is 5.69 Å². The van der Waals surface area contributed by atoms with Gasteiger partial charge in [0.2, 0.25) is 0 Å². The summed E-state index contributed by atoms with van der Waals surface area (Å²) in [6, 6.07) is 16.9. The average molecular weight is 453 g/mol. The van der Waals surface area contributed by atoms with Crippen molar-refractivity contribution in [3.05, 3.63) is 94.0 Å². The van der Waals surface area contributed by atoms with E-state index in [1.165, 1.54) is 19.3 Å². The molecule has 146 valence electrons. The highest BCUT2D eigenvalue weighted by atomic mass is 79.9. The van der Waals surface area contributed by atoms with Crippen LogP contribution in [0.2, 0.25) is 0 Å². The second-order valence-corrected chi connectivity index (χ2v) is 7.04. The van der Waals surface area contributed by atoms with Gasteiger partial charge in [0, 0.05) is 15.7 Å². The second-order valence-electron chi connectivity index (χ2n) is 6.13. The molecule has 0 bridgehead atoms. The molecule has 3 rings (SSSR count). The summed E-state index contributed by atoms with van der Waals surface area (Å²) in [6.45, 7) is 1.47. The number of amides is 2. The van der Waals surface area contributed by atoms with E-state index in [2.05, 4.69) is 26.6 Å². The molecule has 0 saturated heterocycles. The van der Waals surface area contributed by atoms with E-state index < -0.39 is 11.8 Å². The molecule has 3 aromatic rings. The number of carbonyl (C=O) groups excluding carboxylic acids is 3. The Morgan fingerprint density at radius 1 is 0.966 bits per heavy atom. The van der Waals surface area contributed by atoms with Gasteiger partial charge in [-0.15, -0.1) is 0 Å². The zero-order valence-electron chi connectivity index (χ0n) is 15.4. The van der Waals surface area contributed by atoms with E-state index in [0.717, 1.165) is 10.0 Å². The number of carbonyl (C=O) groups is 3. The number of halogens is 1. The standard InChI is InChI=1S/C22H17BrN2O4/c1-14(26)16-6-10-18(11-7-16)24-21(27)19(13-15-4-8-17(23)9-5-15)25-22(28)20-3-2-12-29-20/h2-13H,1H3,(H,24,27)(H,25,28)/b19-13-. The van der Waals surface area contributed by atoms with Crippen molar-refractivity contribution >= 4 is 45.3 Å². The maximum Gasteiger partial charge on any atom is 0.291 e. The molecule has 29 heavy (non-hydrogen) atoms. The fourth-order valence-corrected chi connectivity index (χ4v) is 2.73. The van der Waals surface area contributed by atoms with E-state index in [-0.39, 0.29) is 17.2 Å². The number of hydrogen-bond donors (Lipinski definition) is 2. The van der Waals surface area contributed by atoms with Crippen LogP contribution in [0.15, 0.2) is 81.5 Å². The Kier molecular flexibility index (Phi) is 6.41. The van der Waals surface area contributed by atoms with E-state index in [1.54, 1.807) is 48.5 Å². The molecule has 0 saturated carbocycles. The van der Waals surface area contributed by atoms with Gasteiger partial charge in [0.25, 0.3) is 11.8 Å².